The summed E-state index contributed by atoms with van der Waals surface area (Å²) < 4.78 is 0.693. The number of nitrogens with two attached hydrogens (primary N) is 1. The molecule has 0 saturated heterocycles. The smallest absolute Gasteiger partial charge is 0.337 e. The van der Waals surface area contributed by atoms with Gasteiger partial charge in [-0.1, -0.05) is 22.9 Å². The molecule has 0 aliphatic carbocycles. The first-order valence-electron chi connectivity index (χ1n) is 5.88. The molecular weight excluding hydrogens is 312 g/mol. The van der Waals surface area contributed by atoms with Crippen LogP contribution in [0.1, 0.15) is 30.6 Å². The van der Waals surface area contributed by atoms with Gasteiger partial charge in [0.25, 0.3) is 0 Å². The summed E-state index contributed by atoms with van der Waals surface area (Å²) in [4.78, 5) is 23.3. The Hall–Kier alpha value is -1.40. The van der Waals surface area contributed by atoms with Crippen molar-refractivity contribution in [3.63, 3.8) is 0 Å². The molecule has 1 unspecified atom stereocenters. The molecule has 6 heteroatoms. The molecular formula is C13H17BrN2O3. The fraction of sp³-hybridized carbons (Fsp3) is 0.385. The van der Waals surface area contributed by atoms with Crippen molar-refractivity contribution in [3.05, 3.63) is 28.2 Å². The average Bonchev–Trinajstić information content (AvgIpc) is 2.37. The van der Waals surface area contributed by atoms with Crippen molar-refractivity contribution >= 4 is 33.5 Å². The van der Waals surface area contributed by atoms with Gasteiger partial charge in [0.05, 0.1) is 16.7 Å². The first-order chi connectivity index (χ1) is 8.84. The van der Waals surface area contributed by atoms with Gasteiger partial charge in [-0.15, -0.1) is 0 Å². The van der Waals surface area contributed by atoms with Crippen LogP contribution < -0.4 is 11.1 Å². The molecule has 104 valence electrons. The second kappa shape index (κ2) is 6.16. The van der Waals surface area contributed by atoms with E-state index in [0.717, 1.165) is 0 Å². The molecule has 0 aromatic heterocycles. The predicted octanol–water partition coefficient (Wildman–Crippen LogP) is 2.46. The molecule has 1 rings (SSSR count). The molecule has 1 amide bonds. The molecule has 0 bridgehead atoms. The van der Waals surface area contributed by atoms with Gasteiger partial charge in [0.15, 0.2) is 0 Å². The van der Waals surface area contributed by atoms with Crippen LogP contribution in [0.4, 0.5) is 5.69 Å². The number of carboxylic acids is 1. The largest absolute Gasteiger partial charge is 0.478 e. The molecule has 0 aliphatic rings. The van der Waals surface area contributed by atoms with Crippen LogP contribution in [0.2, 0.25) is 0 Å². The Morgan fingerprint density at radius 2 is 2.11 bits per heavy atom. The molecule has 1 atom stereocenters. The lowest BCUT2D eigenvalue weighted by Gasteiger charge is -2.25. The molecule has 5 nitrogen and oxygen atoms in total. The van der Waals surface area contributed by atoms with Crippen molar-refractivity contribution in [1.29, 1.82) is 0 Å². The van der Waals surface area contributed by atoms with E-state index in [-0.39, 0.29) is 23.7 Å². The highest BCUT2D eigenvalue weighted by Gasteiger charge is 2.30. The number of carboxylic acid groups (broad SMARTS) is 1. The molecule has 19 heavy (non-hydrogen) atoms. The minimum Gasteiger partial charge on any atom is -0.478 e. The van der Waals surface area contributed by atoms with Crippen molar-refractivity contribution in [2.45, 2.75) is 20.3 Å². The average molecular weight is 329 g/mol. The number of halogens is 1. The molecule has 0 heterocycles. The number of rotatable bonds is 5. The van der Waals surface area contributed by atoms with Crippen molar-refractivity contribution in [3.8, 4) is 0 Å². The van der Waals surface area contributed by atoms with E-state index in [0.29, 0.717) is 10.9 Å². The van der Waals surface area contributed by atoms with Gasteiger partial charge in [-0.25, -0.2) is 4.79 Å². The zero-order valence-corrected chi connectivity index (χ0v) is 12.5. The quantitative estimate of drug-likeness (QED) is 0.774. The first-order valence-corrected chi connectivity index (χ1v) is 6.67. The summed E-state index contributed by atoms with van der Waals surface area (Å²) in [5.74, 6) is -1.37. The summed E-state index contributed by atoms with van der Waals surface area (Å²) in [6.45, 7) is 3.82. The minimum absolute atomic E-state index is 0.0482. The van der Waals surface area contributed by atoms with Gasteiger partial charge in [0.1, 0.15) is 0 Å². The van der Waals surface area contributed by atoms with Crippen LogP contribution >= 0.6 is 15.9 Å². The van der Waals surface area contributed by atoms with Crippen molar-refractivity contribution < 1.29 is 14.7 Å². The van der Waals surface area contributed by atoms with Gasteiger partial charge in [-0.3, -0.25) is 4.79 Å². The number of hydrogen-bond donors (Lipinski definition) is 3. The van der Waals surface area contributed by atoms with Gasteiger partial charge in [-0.2, -0.15) is 0 Å². The van der Waals surface area contributed by atoms with E-state index in [1.807, 2.05) is 6.92 Å². The molecule has 1 aromatic carbocycles. The van der Waals surface area contributed by atoms with Crippen molar-refractivity contribution in [2.75, 3.05) is 11.9 Å². The van der Waals surface area contributed by atoms with E-state index < -0.39 is 11.4 Å². The highest BCUT2D eigenvalue weighted by molar-refractivity contribution is 9.10. The Bertz CT molecular complexity index is 499. The second-order valence-electron chi connectivity index (χ2n) is 4.57. The van der Waals surface area contributed by atoms with Crippen molar-refractivity contribution in [1.82, 2.24) is 0 Å². The highest BCUT2D eigenvalue weighted by atomic mass is 79.9. The van der Waals surface area contributed by atoms with Crippen LogP contribution in [0.5, 0.6) is 0 Å². The van der Waals surface area contributed by atoms with E-state index in [4.69, 9.17) is 10.8 Å². The third-order valence-electron chi connectivity index (χ3n) is 3.24. The van der Waals surface area contributed by atoms with Crippen LogP contribution in [0.25, 0.3) is 0 Å². The zero-order valence-electron chi connectivity index (χ0n) is 10.9. The van der Waals surface area contributed by atoms with Gasteiger partial charge in [-0.05, 0) is 31.5 Å². The van der Waals surface area contributed by atoms with E-state index >= 15 is 0 Å². The number of nitrogens with one attached hydrogen (secondary N) is 1. The van der Waals surface area contributed by atoms with E-state index in [1.54, 1.807) is 19.1 Å². The zero-order chi connectivity index (χ0) is 14.6. The lowest BCUT2D eigenvalue weighted by Crippen LogP contribution is -2.39. The Morgan fingerprint density at radius 1 is 1.47 bits per heavy atom. The van der Waals surface area contributed by atoms with Gasteiger partial charge in [0.2, 0.25) is 5.91 Å². The van der Waals surface area contributed by atoms with Crippen LogP contribution in [-0.4, -0.2) is 23.5 Å². The number of anilines is 1. The Morgan fingerprint density at radius 3 is 2.58 bits per heavy atom. The summed E-state index contributed by atoms with van der Waals surface area (Å²) in [6, 6.07) is 4.61. The molecule has 0 spiro atoms. The Labute approximate surface area is 120 Å². The maximum atomic E-state index is 12.2. The molecule has 0 saturated carbocycles. The maximum Gasteiger partial charge on any atom is 0.337 e. The van der Waals surface area contributed by atoms with Crippen LogP contribution in [0.3, 0.4) is 0 Å². The Kier molecular flexibility index (Phi) is 5.08. The fourth-order valence-corrected chi connectivity index (χ4v) is 1.84. The number of aromatic carboxylic acids is 1. The fourth-order valence-electron chi connectivity index (χ4n) is 1.48. The molecule has 0 fully saturated rings. The SMILES string of the molecule is CCC(C)(CN)C(=O)Nc1cc(Br)ccc1C(=O)O. The lowest BCUT2D eigenvalue weighted by molar-refractivity contribution is -0.124. The van der Waals surface area contributed by atoms with Gasteiger partial charge in [0, 0.05) is 11.0 Å². The first kappa shape index (κ1) is 15.7. The topological polar surface area (TPSA) is 92.4 Å². The normalized spacial score (nSPS) is 13.7. The third-order valence-corrected chi connectivity index (χ3v) is 3.73. The molecule has 0 radical (unpaired) electrons. The number of amides is 1. The van der Waals surface area contributed by atoms with Crippen LogP contribution in [0, 0.1) is 5.41 Å². The maximum absolute atomic E-state index is 12.2. The summed E-state index contributed by atoms with van der Waals surface area (Å²) in [5, 5.41) is 11.7. The standard InChI is InChI=1S/C13H17BrN2O3/c1-3-13(2,7-15)12(19)16-10-6-8(14)4-5-9(10)11(17)18/h4-6H,3,7,15H2,1-2H3,(H,16,19)(H,17,18). The van der Waals surface area contributed by atoms with Gasteiger partial charge < -0.3 is 16.2 Å². The highest BCUT2D eigenvalue weighted by Crippen LogP contribution is 2.26. The number of benzene rings is 1. The summed E-state index contributed by atoms with van der Waals surface area (Å²) in [6.07, 6.45) is 0.575. The molecule has 4 N–H and O–H groups in total. The lowest BCUT2D eigenvalue weighted by atomic mass is 9.86. The predicted molar refractivity (Wildman–Crippen MR) is 77.2 cm³/mol. The van der Waals surface area contributed by atoms with Crippen molar-refractivity contribution in [2.24, 2.45) is 11.1 Å². The van der Waals surface area contributed by atoms with E-state index in [1.165, 1.54) is 6.07 Å². The third kappa shape index (κ3) is 3.54. The van der Waals surface area contributed by atoms with E-state index in [9.17, 15) is 9.59 Å². The van der Waals surface area contributed by atoms with Gasteiger partial charge >= 0.3 is 5.97 Å². The van der Waals surface area contributed by atoms with E-state index in [2.05, 4.69) is 21.2 Å². The Balaban J connectivity index is 3.08. The molecule has 0 aliphatic heterocycles. The summed E-state index contributed by atoms with van der Waals surface area (Å²) in [7, 11) is 0. The summed E-state index contributed by atoms with van der Waals surface area (Å²) in [5.41, 5.74) is 5.22. The number of carbonyl (C=O) groups excluding carboxylic acids is 1. The minimum atomic E-state index is -1.09. The number of carbonyl (C=O) groups is 2. The van der Waals surface area contributed by atoms with Crippen LogP contribution in [0.15, 0.2) is 22.7 Å². The monoisotopic (exact) mass is 328 g/mol. The van der Waals surface area contributed by atoms with Crippen LogP contribution in [-0.2, 0) is 4.79 Å². The summed E-state index contributed by atoms with van der Waals surface area (Å²) >= 11 is 3.25. The molecule has 1 aromatic rings. The number of hydrogen-bond acceptors (Lipinski definition) is 3. The second-order valence-corrected chi connectivity index (χ2v) is 5.48.